The second-order valence-electron chi connectivity index (χ2n) is 3.88. The van der Waals surface area contributed by atoms with Gasteiger partial charge in [-0.05, 0) is 24.6 Å². The van der Waals surface area contributed by atoms with Crippen molar-refractivity contribution in [2.45, 2.75) is 11.8 Å². The minimum Gasteiger partial charge on any atom is -0.478 e. The molecule has 0 radical (unpaired) electrons. The van der Waals surface area contributed by atoms with E-state index >= 15 is 0 Å². The summed E-state index contributed by atoms with van der Waals surface area (Å²) in [6, 6.07) is 2.37. The van der Waals surface area contributed by atoms with Crippen LogP contribution in [0.25, 0.3) is 0 Å². The van der Waals surface area contributed by atoms with Crippen molar-refractivity contribution in [3.63, 3.8) is 0 Å². The molecule has 0 aromatic heterocycles. The lowest BCUT2D eigenvalue weighted by Crippen LogP contribution is -2.35. The van der Waals surface area contributed by atoms with Gasteiger partial charge in [-0.1, -0.05) is 15.9 Å². The summed E-state index contributed by atoms with van der Waals surface area (Å²) in [6.07, 6.45) is 0. The van der Waals surface area contributed by atoms with Gasteiger partial charge in [-0.25, -0.2) is 17.9 Å². The topological polar surface area (TPSA) is 113 Å². The highest BCUT2D eigenvalue weighted by atomic mass is 79.9. The van der Waals surface area contributed by atoms with Gasteiger partial charge in [0, 0.05) is 11.5 Å². The van der Waals surface area contributed by atoms with Crippen molar-refractivity contribution in [2.75, 3.05) is 13.6 Å². The van der Waals surface area contributed by atoms with Gasteiger partial charge in [-0.15, -0.1) is 0 Å². The molecule has 0 fully saturated rings. The fraction of sp³-hybridized carbons (Fsp3) is 0.273. The van der Waals surface area contributed by atoms with Gasteiger partial charge in [0.2, 0.25) is 15.9 Å². The average molecular weight is 365 g/mol. The van der Waals surface area contributed by atoms with Gasteiger partial charge in [-0.3, -0.25) is 4.79 Å². The number of sulfonamides is 1. The first kappa shape index (κ1) is 16.6. The fourth-order valence-electron chi connectivity index (χ4n) is 1.38. The number of rotatable bonds is 5. The molecule has 9 heteroatoms. The molecule has 20 heavy (non-hydrogen) atoms. The van der Waals surface area contributed by atoms with E-state index in [4.69, 9.17) is 5.11 Å². The van der Waals surface area contributed by atoms with Gasteiger partial charge in [0.1, 0.15) is 0 Å². The molecule has 0 unspecified atom stereocenters. The Balaban J connectivity index is 3.23. The second-order valence-corrected chi connectivity index (χ2v) is 6.47. The molecule has 0 spiro atoms. The van der Waals surface area contributed by atoms with E-state index in [2.05, 4.69) is 26.0 Å². The summed E-state index contributed by atoms with van der Waals surface area (Å²) >= 11 is 3.12. The summed E-state index contributed by atoms with van der Waals surface area (Å²) < 4.78 is 26.7. The molecular weight excluding hydrogens is 352 g/mol. The maximum Gasteiger partial charge on any atom is 0.335 e. The quantitative estimate of drug-likeness (QED) is 0.703. The highest BCUT2D eigenvalue weighted by Crippen LogP contribution is 2.25. The van der Waals surface area contributed by atoms with Crippen LogP contribution in [-0.4, -0.2) is 39.0 Å². The highest BCUT2D eigenvalue weighted by Gasteiger charge is 2.21. The maximum atomic E-state index is 12.1. The van der Waals surface area contributed by atoms with Crippen LogP contribution in [0, 0.1) is 6.92 Å². The lowest BCUT2D eigenvalue weighted by Gasteiger charge is -2.11. The van der Waals surface area contributed by atoms with Crippen molar-refractivity contribution in [3.05, 3.63) is 27.7 Å². The van der Waals surface area contributed by atoms with E-state index in [1.54, 1.807) is 0 Å². The Morgan fingerprint density at radius 2 is 1.95 bits per heavy atom. The molecule has 0 saturated heterocycles. The van der Waals surface area contributed by atoms with Gasteiger partial charge < -0.3 is 10.4 Å². The standard InChI is InChI=1S/C11H13BrN2O5S/c1-6-8(12)3-7(11(16)17)4-9(6)20(18,19)14-5-10(15)13-2/h3-4,14H,5H2,1-2H3,(H,13,15)(H,16,17). The molecule has 1 aromatic carbocycles. The van der Waals surface area contributed by atoms with Crippen molar-refractivity contribution in [3.8, 4) is 0 Å². The Bertz CT molecular complexity index is 657. The first-order valence-electron chi connectivity index (χ1n) is 5.42. The van der Waals surface area contributed by atoms with Crippen LogP contribution < -0.4 is 10.0 Å². The third-order valence-electron chi connectivity index (χ3n) is 2.53. The Morgan fingerprint density at radius 1 is 1.35 bits per heavy atom. The number of benzene rings is 1. The molecule has 0 aliphatic rings. The number of amides is 1. The van der Waals surface area contributed by atoms with E-state index in [0.29, 0.717) is 10.0 Å². The number of carboxylic acid groups (broad SMARTS) is 1. The van der Waals surface area contributed by atoms with Crippen LogP contribution in [0.1, 0.15) is 15.9 Å². The molecule has 110 valence electrons. The van der Waals surface area contributed by atoms with Crippen LogP contribution in [0.4, 0.5) is 0 Å². The van der Waals surface area contributed by atoms with Crippen LogP contribution in [0.15, 0.2) is 21.5 Å². The molecule has 1 rings (SSSR count). The summed E-state index contributed by atoms with van der Waals surface area (Å²) in [5, 5.41) is 11.2. The van der Waals surface area contributed by atoms with Gasteiger partial charge >= 0.3 is 5.97 Å². The first-order valence-corrected chi connectivity index (χ1v) is 7.70. The Morgan fingerprint density at radius 3 is 2.45 bits per heavy atom. The predicted molar refractivity (Wildman–Crippen MR) is 75.1 cm³/mol. The van der Waals surface area contributed by atoms with Crippen LogP contribution in [0.5, 0.6) is 0 Å². The monoisotopic (exact) mass is 364 g/mol. The van der Waals surface area contributed by atoms with Crippen molar-refractivity contribution < 1.29 is 23.1 Å². The molecular formula is C11H13BrN2O5S. The molecule has 3 N–H and O–H groups in total. The van der Waals surface area contributed by atoms with E-state index in [1.807, 2.05) is 0 Å². The summed E-state index contributed by atoms with van der Waals surface area (Å²) in [5.41, 5.74) is 0.196. The van der Waals surface area contributed by atoms with E-state index < -0.39 is 28.4 Å². The van der Waals surface area contributed by atoms with Gasteiger partial charge in [0.15, 0.2) is 0 Å². The predicted octanol–water partition coefficient (Wildman–Crippen LogP) is 0.480. The van der Waals surface area contributed by atoms with Crippen LogP contribution in [0.3, 0.4) is 0 Å². The largest absolute Gasteiger partial charge is 0.478 e. The SMILES string of the molecule is CNC(=O)CNS(=O)(=O)c1cc(C(=O)O)cc(Br)c1C. The zero-order chi connectivity index (χ0) is 15.5. The molecule has 0 aliphatic carbocycles. The Hall–Kier alpha value is -1.45. The van der Waals surface area contributed by atoms with E-state index in [0.717, 1.165) is 6.07 Å². The van der Waals surface area contributed by atoms with E-state index in [9.17, 15) is 18.0 Å². The Labute approximate surface area is 124 Å². The number of carbonyl (C=O) groups is 2. The molecule has 0 aliphatic heterocycles. The summed E-state index contributed by atoms with van der Waals surface area (Å²) in [7, 11) is -2.60. The van der Waals surface area contributed by atoms with Gasteiger partial charge in [-0.2, -0.15) is 0 Å². The van der Waals surface area contributed by atoms with Crippen LogP contribution in [0.2, 0.25) is 0 Å². The molecule has 0 atom stereocenters. The zero-order valence-corrected chi connectivity index (χ0v) is 13.1. The number of likely N-dealkylation sites (N-methyl/N-ethyl adjacent to an activating group) is 1. The van der Waals surface area contributed by atoms with Gasteiger partial charge in [0.05, 0.1) is 17.0 Å². The lowest BCUT2D eigenvalue weighted by atomic mass is 10.1. The zero-order valence-electron chi connectivity index (χ0n) is 10.7. The van der Waals surface area contributed by atoms with Crippen molar-refractivity contribution in [1.29, 1.82) is 0 Å². The van der Waals surface area contributed by atoms with Crippen molar-refractivity contribution >= 4 is 37.8 Å². The number of hydrogen-bond acceptors (Lipinski definition) is 4. The number of nitrogens with one attached hydrogen (secondary N) is 2. The van der Waals surface area contributed by atoms with Crippen molar-refractivity contribution in [1.82, 2.24) is 10.0 Å². The summed E-state index contributed by atoms with van der Waals surface area (Å²) in [6.45, 7) is 1.11. The van der Waals surface area contributed by atoms with Crippen molar-refractivity contribution in [2.24, 2.45) is 0 Å². The number of carbonyl (C=O) groups excluding carboxylic acids is 1. The van der Waals surface area contributed by atoms with Crippen LogP contribution in [-0.2, 0) is 14.8 Å². The number of halogens is 1. The summed E-state index contributed by atoms with van der Waals surface area (Å²) in [5.74, 6) is -1.74. The normalized spacial score (nSPS) is 11.2. The third kappa shape index (κ3) is 3.78. The maximum absolute atomic E-state index is 12.1. The highest BCUT2D eigenvalue weighted by molar-refractivity contribution is 9.10. The van der Waals surface area contributed by atoms with E-state index in [1.165, 1.54) is 20.0 Å². The number of aromatic carboxylic acids is 1. The minimum absolute atomic E-state index is 0.164. The molecule has 0 saturated carbocycles. The smallest absolute Gasteiger partial charge is 0.335 e. The summed E-state index contributed by atoms with van der Waals surface area (Å²) in [4.78, 5) is 21.8. The number of carboxylic acids is 1. The second kappa shape index (κ2) is 6.33. The molecule has 7 nitrogen and oxygen atoms in total. The average Bonchev–Trinajstić information content (AvgIpc) is 2.38. The van der Waals surface area contributed by atoms with Gasteiger partial charge in [0.25, 0.3) is 0 Å². The minimum atomic E-state index is -3.98. The van der Waals surface area contributed by atoms with E-state index in [-0.39, 0.29) is 10.5 Å². The molecule has 0 bridgehead atoms. The third-order valence-corrected chi connectivity index (χ3v) is 4.89. The lowest BCUT2D eigenvalue weighted by molar-refractivity contribution is -0.119. The first-order chi connectivity index (χ1) is 9.19. The molecule has 0 heterocycles. The molecule has 1 amide bonds. The number of hydrogen-bond donors (Lipinski definition) is 3. The Kier molecular flexibility index (Phi) is 5.26. The van der Waals surface area contributed by atoms with Crippen LogP contribution >= 0.6 is 15.9 Å². The fourth-order valence-corrected chi connectivity index (χ4v) is 3.25. The molecule has 1 aromatic rings.